The molecule has 7 heteroatoms. The summed E-state index contributed by atoms with van der Waals surface area (Å²) >= 11 is -0.181. The zero-order valence-electron chi connectivity index (χ0n) is 16.1. The molecule has 2 aromatic carbocycles. The second kappa shape index (κ2) is 7.28. The van der Waals surface area contributed by atoms with Gasteiger partial charge in [-0.2, -0.15) is 0 Å². The number of hydrogen-bond donors (Lipinski definition) is 0. The van der Waals surface area contributed by atoms with Crippen LogP contribution in [-0.2, 0) is 35.7 Å². The van der Waals surface area contributed by atoms with Gasteiger partial charge in [0.25, 0.3) is 0 Å². The Morgan fingerprint density at radius 2 is 1.20 bits per heavy atom. The van der Waals surface area contributed by atoms with Gasteiger partial charge in [0.15, 0.2) is 11.8 Å². The third-order valence-electron chi connectivity index (χ3n) is 6.90. The molecule has 2 aliphatic heterocycles. The standard InChI is InChI=1S/C23H20N2O2.2ClH.Cr/c1-3-7-15-13(5-1)11-17-19(15)24-21(26-17)23(9-10-23)22-25-20-16-8-4-2-6-14(16)12-18(20)27-22;;;/h1-8,17-20H,9-12H2;2*1H;/q;;;+2/p-2/t17-,18-,19+,20+;;;/m1.../s1. The van der Waals surface area contributed by atoms with Crippen LogP contribution in [0.4, 0.5) is 0 Å². The number of benzene rings is 2. The Bertz CT molecular complexity index is 989. The summed E-state index contributed by atoms with van der Waals surface area (Å²) in [7, 11) is 9.65. The maximum absolute atomic E-state index is 6.39. The first-order chi connectivity index (χ1) is 14.7. The van der Waals surface area contributed by atoms with Crippen LogP contribution in [0.3, 0.4) is 0 Å². The van der Waals surface area contributed by atoms with Gasteiger partial charge in [-0.05, 0) is 35.1 Å². The summed E-state index contributed by atoms with van der Waals surface area (Å²) in [6.07, 6.45) is 4.28. The normalized spacial score (nSPS) is 30.5. The van der Waals surface area contributed by atoms with E-state index in [1.807, 2.05) is 0 Å². The summed E-state index contributed by atoms with van der Waals surface area (Å²) in [6.45, 7) is 0. The van der Waals surface area contributed by atoms with Gasteiger partial charge in [0.2, 0.25) is 0 Å². The summed E-state index contributed by atoms with van der Waals surface area (Å²) < 4.78 is 12.8. The topological polar surface area (TPSA) is 43.2 Å². The second-order valence-electron chi connectivity index (χ2n) is 8.52. The van der Waals surface area contributed by atoms with E-state index >= 15 is 0 Å². The fraction of sp³-hybridized carbons (Fsp3) is 0.391. The van der Waals surface area contributed by atoms with Crippen molar-refractivity contribution in [3.05, 3.63) is 70.8 Å². The molecule has 0 bridgehead atoms. The van der Waals surface area contributed by atoms with E-state index in [0.717, 1.165) is 37.5 Å². The van der Waals surface area contributed by atoms with Crippen LogP contribution in [0, 0.1) is 5.41 Å². The molecule has 1 fully saturated rings. The van der Waals surface area contributed by atoms with Crippen molar-refractivity contribution in [2.24, 2.45) is 15.4 Å². The Labute approximate surface area is 190 Å². The van der Waals surface area contributed by atoms with Gasteiger partial charge in [0.05, 0.1) is 0 Å². The van der Waals surface area contributed by atoms with Gasteiger partial charge < -0.3 is 9.47 Å². The van der Waals surface area contributed by atoms with E-state index in [1.54, 1.807) is 0 Å². The number of hydrogen-bond acceptors (Lipinski definition) is 4. The Morgan fingerprint density at radius 1 is 0.767 bits per heavy atom. The van der Waals surface area contributed by atoms with Gasteiger partial charge in [-0.25, -0.2) is 9.98 Å². The number of fused-ring (bicyclic) bond motifs is 6. The maximum Gasteiger partial charge on any atom is 0.200 e. The van der Waals surface area contributed by atoms with Crippen molar-refractivity contribution in [2.45, 2.75) is 50.0 Å². The Hall–Kier alpha value is -1.51. The predicted molar refractivity (Wildman–Crippen MR) is 114 cm³/mol. The molecule has 0 saturated heterocycles. The van der Waals surface area contributed by atoms with Gasteiger partial charge in [0, 0.05) is 12.8 Å². The third-order valence-corrected chi connectivity index (χ3v) is 6.90. The molecule has 0 N–H and O–H groups in total. The monoisotopic (exact) mass is 478 g/mol. The molecular formula is C23H20Cl2CrN2O2. The molecule has 4 nitrogen and oxygen atoms in total. The van der Waals surface area contributed by atoms with E-state index < -0.39 is 0 Å². The Kier molecular flexibility index (Phi) is 4.66. The smallest absolute Gasteiger partial charge is 0.200 e. The minimum Gasteiger partial charge on any atom is -0.474 e. The van der Waals surface area contributed by atoms with Crippen LogP contribution in [-0.4, -0.2) is 24.0 Å². The molecule has 0 amide bonds. The first kappa shape index (κ1) is 19.2. The molecule has 4 atom stereocenters. The van der Waals surface area contributed by atoms with Crippen molar-refractivity contribution in [1.82, 2.24) is 0 Å². The molecular weight excluding hydrogens is 459 g/mol. The minimum atomic E-state index is -0.196. The van der Waals surface area contributed by atoms with Gasteiger partial charge in [-0.3, -0.25) is 0 Å². The molecule has 30 heavy (non-hydrogen) atoms. The first-order valence-electron chi connectivity index (χ1n) is 10.3. The van der Waals surface area contributed by atoms with Crippen LogP contribution in [0.2, 0.25) is 0 Å². The SMILES string of the molecule is [Cl][Cr][Cl].c1ccc2c(c1)C[C@H]1OC(C3(C4=N[C@H]5c6ccccc6C[C@H]5O4)CC3)=N[C@@H]21. The molecule has 154 valence electrons. The molecule has 3 aliphatic carbocycles. The summed E-state index contributed by atoms with van der Waals surface area (Å²) in [5, 5.41) is 0. The minimum absolute atomic E-state index is 0.149. The molecule has 0 aromatic heterocycles. The van der Waals surface area contributed by atoms with E-state index in [0.29, 0.717) is 0 Å². The number of rotatable bonds is 2. The number of halogens is 2. The summed E-state index contributed by atoms with van der Waals surface area (Å²) in [5.41, 5.74) is 5.21. The first-order valence-corrected chi connectivity index (χ1v) is 13.8. The fourth-order valence-electron chi connectivity index (χ4n) is 5.31. The predicted octanol–water partition coefficient (Wildman–Crippen LogP) is 5.33. The van der Waals surface area contributed by atoms with Gasteiger partial charge >= 0.3 is 33.5 Å². The van der Waals surface area contributed by atoms with Crippen molar-refractivity contribution >= 4 is 31.9 Å². The molecule has 2 heterocycles. The van der Waals surface area contributed by atoms with E-state index in [4.69, 9.17) is 39.6 Å². The largest absolute Gasteiger partial charge is 0.474 e. The van der Waals surface area contributed by atoms with E-state index in [9.17, 15) is 0 Å². The molecule has 0 radical (unpaired) electrons. The van der Waals surface area contributed by atoms with E-state index in [2.05, 4.69) is 48.5 Å². The molecule has 0 unspecified atom stereocenters. The van der Waals surface area contributed by atoms with E-state index in [1.165, 1.54) is 22.3 Å². The van der Waals surface area contributed by atoms with Crippen molar-refractivity contribution in [2.75, 3.05) is 0 Å². The summed E-state index contributed by atoms with van der Waals surface area (Å²) in [6, 6.07) is 17.5. The molecule has 0 spiro atoms. The zero-order chi connectivity index (χ0) is 20.3. The molecule has 7 rings (SSSR count). The quantitative estimate of drug-likeness (QED) is 0.585. The van der Waals surface area contributed by atoms with Crippen LogP contribution in [0.1, 0.15) is 47.2 Å². The van der Waals surface area contributed by atoms with E-state index in [-0.39, 0.29) is 43.1 Å². The van der Waals surface area contributed by atoms with Gasteiger partial charge in [-0.1, -0.05) is 48.5 Å². The van der Waals surface area contributed by atoms with Gasteiger partial charge in [0.1, 0.15) is 29.7 Å². The van der Waals surface area contributed by atoms with Crippen molar-refractivity contribution in [3.63, 3.8) is 0 Å². The molecule has 2 aromatic rings. The Balaban J connectivity index is 0.000000554. The van der Waals surface area contributed by atoms with Crippen LogP contribution >= 0.6 is 20.1 Å². The van der Waals surface area contributed by atoms with Gasteiger partial charge in [-0.15, -0.1) is 0 Å². The van der Waals surface area contributed by atoms with Crippen LogP contribution in [0.15, 0.2) is 58.5 Å². The van der Waals surface area contributed by atoms with Crippen LogP contribution < -0.4 is 0 Å². The van der Waals surface area contributed by atoms with Crippen LogP contribution in [0.25, 0.3) is 0 Å². The van der Waals surface area contributed by atoms with Crippen molar-refractivity contribution < 1.29 is 22.9 Å². The zero-order valence-corrected chi connectivity index (χ0v) is 18.9. The fourth-order valence-corrected chi connectivity index (χ4v) is 5.31. The van der Waals surface area contributed by atoms with Crippen molar-refractivity contribution in [3.8, 4) is 0 Å². The second-order valence-corrected chi connectivity index (χ2v) is 10.6. The number of nitrogens with zero attached hydrogens (tertiary/aromatic N) is 2. The average molecular weight is 479 g/mol. The third kappa shape index (κ3) is 2.87. The van der Waals surface area contributed by atoms with Crippen molar-refractivity contribution in [1.29, 1.82) is 0 Å². The Morgan fingerprint density at radius 3 is 1.63 bits per heavy atom. The molecule has 5 aliphatic rings. The number of ether oxygens (including phenoxy) is 2. The maximum atomic E-state index is 6.39. The molecule has 1 saturated carbocycles. The summed E-state index contributed by atoms with van der Waals surface area (Å²) in [5.74, 6) is 1.75. The summed E-state index contributed by atoms with van der Waals surface area (Å²) in [4.78, 5) is 10.1. The number of aliphatic imine (C=N–C) groups is 2. The average Bonchev–Trinajstić information content (AvgIpc) is 3.06. The van der Waals surface area contributed by atoms with Crippen LogP contribution in [0.5, 0.6) is 0 Å².